The first kappa shape index (κ1) is 34.3. The van der Waals surface area contributed by atoms with Crippen LogP contribution in [0.5, 0.6) is 0 Å². The molecule has 12 nitrogen and oxygen atoms in total. The zero-order valence-electron chi connectivity index (χ0n) is 28.1. The number of benzene rings is 1. The van der Waals surface area contributed by atoms with Gasteiger partial charge in [0.25, 0.3) is 11.8 Å². The highest BCUT2D eigenvalue weighted by atomic mass is 32.1. The molecule has 2 unspecified atom stereocenters. The van der Waals surface area contributed by atoms with Crippen LogP contribution in [-0.4, -0.2) is 69.2 Å². The molecule has 0 radical (unpaired) electrons. The fraction of sp³-hybridized carbons (Fsp3) is 0.371. The maximum Gasteiger partial charge on any atom is 0.408 e. The van der Waals surface area contributed by atoms with E-state index < -0.39 is 17.2 Å². The number of carbonyl (C=O) groups is 2. The average molecular weight is 669 g/mol. The summed E-state index contributed by atoms with van der Waals surface area (Å²) in [7, 11) is 1.63. The second-order valence-electron chi connectivity index (χ2n) is 12.8. The largest absolute Gasteiger partial charge is 0.444 e. The fourth-order valence-corrected chi connectivity index (χ4v) is 6.47. The molecule has 5 rings (SSSR count). The molecule has 250 valence electrons. The van der Waals surface area contributed by atoms with Gasteiger partial charge in [0.1, 0.15) is 21.8 Å². The number of aliphatic imine (C=N–C) groups is 2. The number of ether oxygens (including phenoxy) is 1. The van der Waals surface area contributed by atoms with Crippen LogP contribution in [0.4, 0.5) is 4.79 Å². The van der Waals surface area contributed by atoms with Gasteiger partial charge in [-0.2, -0.15) is 0 Å². The van der Waals surface area contributed by atoms with Crippen molar-refractivity contribution in [2.24, 2.45) is 9.98 Å². The van der Waals surface area contributed by atoms with Crippen molar-refractivity contribution >= 4 is 41.8 Å². The van der Waals surface area contributed by atoms with Gasteiger partial charge in [-0.1, -0.05) is 30.3 Å². The molecule has 1 N–H and O–H groups in total. The van der Waals surface area contributed by atoms with E-state index >= 15 is 0 Å². The number of alkyl carbamates (subject to hydrolysis) is 1. The molecule has 48 heavy (non-hydrogen) atoms. The lowest BCUT2D eigenvalue weighted by molar-refractivity contribution is 0.0443. The molecule has 3 aromatic heterocycles. The van der Waals surface area contributed by atoms with Crippen molar-refractivity contribution < 1.29 is 18.7 Å². The smallest absolute Gasteiger partial charge is 0.408 e. The third-order valence-corrected chi connectivity index (χ3v) is 8.66. The van der Waals surface area contributed by atoms with E-state index in [4.69, 9.17) is 14.1 Å². The van der Waals surface area contributed by atoms with Crippen LogP contribution >= 0.6 is 11.3 Å². The molecule has 13 heteroatoms. The number of rotatable bonds is 10. The summed E-state index contributed by atoms with van der Waals surface area (Å²) in [5, 5.41) is 14.6. The minimum atomic E-state index is -1.15. The first-order valence-corrected chi connectivity index (χ1v) is 16.5. The summed E-state index contributed by atoms with van der Waals surface area (Å²) in [5.41, 5.74) is 1.62. The number of carbonyl (C=O) groups excluding carboxylic acids is 2. The Labute approximate surface area is 284 Å². The van der Waals surface area contributed by atoms with Crippen LogP contribution in [-0.2, 0) is 16.7 Å². The lowest BCUT2D eigenvalue weighted by Crippen LogP contribution is -2.47. The Bertz CT molecular complexity index is 1840. The highest BCUT2D eigenvalue weighted by Crippen LogP contribution is 2.36. The van der Waals surface area contributed by atoms with Gasteiger partial charge in [0.2, 0.25) is 5.89 Å². The van der Waals surface area contributed by atoms with Gasteiger partial charge in [-0.3, -0.25) is 14.8 Å². The topological polar surface area (TPSA) is 148 Å². The quantitative estimate of drug-likeness (QED) is 0.186. The number of hydrogen-bond acceptors (Lipinski definition) is 11. The number of nitrogens with zero attached hydrogens (tertiary/aromatic N) is 7. The number of pyridine rings is 1. The van der Waals surface area contributed by atoms with Gasteiger partial charge >= 0.3 is 6.09 Å². The summed E-state index contributed by atoms with van der Waals surface area (Å²) >= 11 is 1.56. The summed E-state index contributed by atoms with van der Waals surface area (Å²) in [6.45, 7) is 13.3. The van der Waals surface area contributed by atoms with E-state index in [1.807, 2.05) is 47.5 Å². The Morgan fingerprint density at radius 2 is 1.94 bits per heavy atom. The van der Waals surface area contributed by atoms with Gasteiger partial charge < -0.3 is 19.4 Å². The van der Waals surface area contributed by atoms with Crippen molar-refractivity contribution in [1.29, 1.82) is 0 Å². The van der Waals surface area contributed by atoms with Crippen LogP contribution in [0.15, 0.2) is 68.4 Å². The second-order valence-corrected chi connectivity index (χ2v) is 13.7. The summed E-state index contributed by atoms with van der Waals surface area (Å²) in [4.78, 5) is 46.6. The molecule has 0 bridgehead atoms. The highest BCUT2D eigenvalue weighted by Gasteiger charge is 2.37. The average Bonchev–Trinajstić information content (AvgIpc) is 3.81. The Kier molecular flexibility index (Phi) is 10.3. The number of amides is 2. The standard InChI is InChI=1S/C35H40N8O4S/c1-22-21-48-30(38-22)28-14-11-15-43(28)31(44)24-16-26(25(19-36-6)20-37-7)39-27(17-24)29-41-42-32(46-29)35(5,18-23-12-9-8-10-13-23)40-33(45)47-34(2,3)4/h8-10,12-13,16-17,19-21,28H,6,11,14-15,18H2,1-5,7H3,(H,40,45)/b25-19+,37-20?. The van der Waals surface area contributed by atoms with E-state index in [0.717, 1.165) is 29.1 Å². The van der Waals surface area contributed by atoms with Gasteiger partial charge in [0.05, 0.1) is 11.7 Å². The molecule has 0 aliphatic carbocycles. The van der Waals surface area contributed by atoms with Gasteiger partial charge in [-0.05, 0) is 71.9 Å². The predicted octanol–water partition coefficient (Wildman–Crippen LogP) is 6.60. The molecule has 1 saturated heterocycles. The summed E-state index contributed by atoms with van der Waals surface area (Å²) in [6.07, 6.45) is 4.51. The van der Waals surface area contributed by atoms with E-state index in [-0.39, 0.29) is 29.4 Å². The van der Waals surface area contributed by atoms with Crippen LogP contribution in [0.25, 0.3) is 17.2 Å². The van der Waals surface area contributed by atoms with Gasteiger partial charge in [0, 0.05) is 54.6 Å². The number of nitrogens with one attached hydrogen (secondary N) is 1. The van der Waals surface area contributed by atoms with Crippen molar-refractivity contribution in [3.63, 3.8) is 0 Å². The molecule has 1 aromatic carbocycles. The third kappa shape index (κ3) is 8.08. The van der Waals surface area contributed by atoms with Crippen LogP contribution < -0.4 is 5.32 Å². The normalized spacial score (nSPS) is 16.6. The second kappa shape index (κ2) is 14.4. The molecule has 0 saturated carbocycles. The van der Waals surface area contributed by atoms with Crippen molar-refractivity contribution in [2.45, 2.75) is 71.1 Å². The van der Waals surface area contributed by atoms with Crippen molar-refractivity contribution in [3.05, 3.63) is 87.5 Å². The summed E-state index contributed by atoms with van der Waals surface area (Å²) in [6, 6.07) is 12.9. The summed E-state index contributed by atoms with van der Waals surface area (Å²) in [5.74, 6) is 0.0403. The Morgan fingerprint density at radius 1 is 1.17 bits per heavy atom. The Morgan fingerprint density at radius 3 is 2.60 bits per heavy atom. The van der Waals surface area contributed by atoms with Crippen molar-refractivity contribution in [2.75, 3.05) is 13.6 Å². The fourth-order valence-electron chi connectivity index (χ4n) is 5.53. The number of likely N-dealkylation sites (tertiary alicyclic amines) is 1. The number of aryl methyl sites for hydroxylation is 1. The SMILES string of the molecule is C=N/C=C(\C=NC)c1cc(C(=O)N2CCCC2c2nc(C)cs2)cc(-c2nnc(C(C)(Cc3ccccc3)NC(=O)OC(C)(C)C)o2)n1. The minimum absolute atomic E-state index is 0.0686. The van der Waals surface area contributed by atoms with Crippen molar-refractivity contribution in [1.82, 2.24) is 30.4 Å². The zero-order chi connectivity index (χ0) is 34.5. The molecule has 1 fully saturated rings. The monoisotopic (exact) mass is 668 g/mol. The molecule has 4 aromatic rings. The highest BCUT2D eigenvalue weighted by molar-refractivity contribution is 7.09. The maximum atomic E-state index is 14.2. The minimum Gasteiger partial charge on any atom is -0.444 e. The lowest BCUT2D eigenvalue weighted by atomic mass is 9.92. The molecular weight excluding hydrogens is 629 g/mol. The maximum absolute atomic E-state index is 14.2. The Hall–Kier alpha value is -5.04. The zero-order valence-corrected chi connectivity index (χ0v) is 28.9. The van der Waals surface area contributed by atoms with Gasteiger partial charge in [0.15, 0.2) is 0 Å². The first-order valence-electron chi connectivity index (χ1n) is 15.6. The lowest BCUT2D eigenvalue weighted by Gasteiger charge is -2.29. The van der Waals surface area contributed by atoms with E-state index in [0.29, 0.717) is 29.8 Å². The molecular formula is C35H40N8O4S. The molecule has 1 aliphatic heterocycles. The van der Waals surface area contributed by atoms with Crippen LogP contribution in [0.3, 0.4) is 0 Å². The number of allylic oxidation sites excluding steroid dienone is 1. The molecule has 2 atom stereocenters. The van der Waals surface area contributed by atoms with Gasteiger partial charge in [-0.15, -0.1) is 21.5 Å². The van der Waals surface area contributed by atoms with Gasteiger partial charge in [-0.25, -0.2) is 14.8 Å². The molecule has 1 aliphatic rings. The number of aromatic nitrogens is 4. The molecule has 2 amide bonds. The van der Waals surface area contributed by atoms with Crippen LogP contribution in [0.2, 0.25) is 0 Å². The van der Waals surface area contributed by atoms with E-state index in [2.05, 4.69) is 37.2 Å². The number of hydrogen-bond donors (Lipinski definition) is 1. The van der Waals surface area contributed by atoms with E-state index in [9.17, 15) is 9.59 Å². The van der Waals surface area contributed by atoms with Crippen LogP contribution in [0, 0.1) is 6.92 Å². The Balaban J connectivity index is 1.56. The van der Waals surface area contributed by atoms with Crippen LogP contribution in [0.1, 0.15) is 84.8 Å². The van der Waals surface area contributed by atoms with E-state index in [1.54, 1.807) is 64.4 Å². The van der Waals surface area contributed by atoms with E-state index in [1.165, 1.54) is 6.20 Å². The first-order chi connectivity index (χ1) is 22.9. The molecule has 0 spiro atoms. The number of thiazole rings is 1. The third-order valence-electron chi connectivity index (χ3n) is 7.60. The molecule has 4 heterocycles. The van der Waals surface area contributed by atoms with Crippen molar-refractivity contribution in [3.8, 4) is 11.6 Å². The predicted molar refractivity (Wildman–Crippen MR) is 186 cm³/mol. The summed E-state index contributed by atoms with van der Waals surface area (Å²) < 4.78 is 11.8.